The van der Waals surface area contributed by atoms with Crippen molar-refractivity contribution in [3.05, 3.63) is 21.3 Å². The molecule has 2 N–H and O–H groups in total. The lowest BCUT2D eigenvalue weighted by molar-refractivity contribution is 0.582. The number of furan rings is 1. The molecule has 0 fully saturated rings. The van der Waals surface area contributed by atoms with Crippen LogP contribution >= 0.6 is 28.1 Å². The van der Waals surface area contributed by atoms with Crippen molar-refractivity contribution in [1.29, 1.82) is 0 Å². The van der Waals surface area contributed by atoms with E-state index in [1.165, 1.54) is 6.26 Å². The number of hydrogen-bond acceptors (Lipinski definition) is 6. The number of rotatable bonds is 5. The molecular weight excluding hydrogens is 356 g/mol. The molecule has 0 aliphatic heterocycles. The standard InChI is InChI=1S/C10H11BrN2O4S2/c1-19(14,15)13-3-2-12-8-4-7(18)10-9(17-8)6(11)5-16-10/h4-5,12-13H,2-3H2,1H3. The smallest absolute Gasteiger partial charge is 0.208 e. The lowest BCUT2D eigenvalue weighted by Gasteiger charge is -2.05. The quantitative estimate of drug-likeness (QED) is 0.624. The average molecular weight is 367 g/mol. The minimum absolute atomic E-state index is 0.256. The predicted molar refractivity (Wildman–Crippen MR) is 78.4 cm³/mol. The second kappa shape index (κ2) is 5.61. The van der Waals surface area contributed by atoms with Crippen LogP contribution in [0.15, 0.2) is 25.6 Å². The van der Waals surface area contributed by atoms with Gasteiger partial charge in [-0.1, -0.05) is 12.2 Å². The monoisotopic (exact) mass is 366 g/mol. The summed E-state index contributed by atoms with van der Waals surface area (Å²) in [7, 11) is -3.18. The Hall–Kier alpha value is -0.900. The van der Waals surface area contributed by atoms with Crippen molar-refractivity contribution in [2.24, 2.45) is 0 Å². The van der Waals surface area contributed by atoms with Crippen LogP contribution in [0, 0.1) is 4.51 Å². The van der Waals surface area contributed by atoms with E-state index < -0.39 is 10.0 Å². The summed E-state index contributed by atoms with van der Waals surface area (Å²) in [5, 5.41) is 2.94. The van der Waals surface area contributed by atoms with Gasteiger partial charge in [0.25, 0.3) is 0 Å². The van der Waals surface area contributed by atoms with Gasteiger partial charge in [-0.2, -0.15) is 0 Å². The SMILES string of the molecule is CS(=O)(=O)NCCNc1cc(=S)c2occ(Br)c2o1. The Balaban J connectivity index is 2.09. The number of fused-ring (bicyclic) bond motifs is 1. The molecule has 2 rings (SSSR count). The molecule has 2 heterocycles. The molecule has 0 atom stereocenters. The van der Waals surface area contributed by atoms with Gasteiger partial charge in [-0.25, -0.2) is 13.1 Å². The van der Waals surface area contributed by atoms with Gasteiger partial charge in [0.1, 0.15) is 6.26 Å². The summed E-state index contributed by atoms with van der Waals surface area (Å²) in [4.78, 5) is 0. The van der Waals surface area contributed by atoms with E-state index in [0.29, 0.717) is 32.6 Å². The molecule has 0 unspecified atom stereocenters. The molecule has 6 nitrogen and oxygen atoms in total. The summed E-state index contributed by atoms with van der Waals surface area (Å²) in [5.74, 6) is 0.454. The van der Waals surface area contributed by atoms with Gasteiger partial charge in [-0.15, -0.1) is 0 Å². The van der Waals surface area contributed by atoms with Gasteiger partial charge in [-0.3, -0.25) is 0 Å². The van der Waals surface area contributed by atoms with Crippen LogP contribution in [0.1, 0.15) is 0 Å². The molecule has 104 valence electrons. The van der Waals surface area contributed by atoms with E-state index in [1.807, 2.05) is 0 Å². The first-order valence-corrected chi connectivity index (χ1v) is 8.35. The highest BCUT2D eigenvalue weighted by Gasteiger charge is 2.09. The van der Waals surface area contributed by atoms with E-state index in [0.717, 1.165) is 6.26 Å². The highest BCUT2D eigenvalue weighted by atomic mass is 79.9. The fraction of sp³-hybridized carbons (Fsp3) is 0.300. The Morgan fingerprint density at radius 1 is 1.37 bits per heavy atom. The Morgan fingerprint density at radius 2 is 2.11 bits per heavy atom. The number of sulfonamides is 1. The molecule has 2 aromatic heterocycles. The zero-order valence-electron chi connectivity index (χ0n) is 9.90. The van der Waals surface area contributed by atoms with Crippen molar-refractivity contribution in [2.45, 2.75) is 0 Å². The van der Waals surface area contributed by atoms with Crippen LogP contribution in [0.3, 0.4) is 0 Å². The maximum Gasteiger partial charge on any atom is 0.208 e. The van der Waals surface area contributed by atoms with Crippen molar-refractivity contribution in [3.63, 3.8) is 0 Å². The maximum atomic E-state index is 10.9. The van der Waals surface area contributed by atoms with Crippen LogP contribution in [-0.2, 0) is 10.0 Å². The van der Waals surface area contributed by atoms with Crippen molar-refractivity contribution in [2.75, 3.05) is 24.7 Å². The first kappa shape index (κ1) is 14.5. The molecule has 0 saturated carbocycles. The maximum absolute atomic E-state index is 10.9. The predicted octanol–water partition coefficient (Wildman–Crippen LogP) is 2.48. The minimum atomic E-state index is -3.18. The average Bonchev–Trinajstić information content (AvgIpc) is 2.66. The van der Waals surface area contributed by atoms with Crippen LogP contribution < -0.4 is 10.0 Å². The first-order chi connectivity index (χ1) is 8.87. The van der Waals surface area contributed by atoms with E-state index in [1.54, 1.807) is 6.07 Å². The molecule has 2 aromatic rings. The first-order valence-electron chi connectivity index (χ1n) is 5.26. The summed E-state index contributed by atoms with van der Waals surface area (Å²) >= 11 is 8.46. The third-order valence-corrected chi connectivity index (χ3v) is 3.77. The van der Waals surface area contributed by atoms with Gasteiger partial charge >= 0.3 is 0 Å². The molecule has 0 radical (unpaired) electrons. The largest absolute Gasteiger partial charge is 0.458 e. The van der Waals surface area contributed by atoms with Crippen LogP contribution in [0.25, 0.3) is 11.2 Å². The summed E-state index contributed by atoms with van der Waals surface area (Å²) in [5.41, 5.74) is 1.02. The van der Waals surface area contributed by atoms with E-state index in [4.69, 9.17) is 21.1 Å². The zero-order valence-corrected chi connectivity index (χ0v) is 13.1. The second-order valence-corrected chi connectivity index (χ2v) is 6.94. The Bertz CT molecular complexity index is 750. The highest BCUT2D eigenvalue weighted by molar-refractivity contribution is 9.10. The number of halogens is 1. The summed E-state index contributed by atoms with van der Waals surface area (Å²) < 4.78 is 36.1. The minimum Gasteiger partial charge on any atom is -0.458 e. The molecule has 9 heteroatoms. The summed E-state index contributed by atoms with van der Waals surface area (Å²) in [6.07, 6.45) is 2.60. The van der Waals surface area contributed by atoms with Gasteiger partial charge in [-0.05, 0) is 15.9 Å². The fourth-order valence-electron chi connectivity index (χ4n) is 1.42. The third kappa shape index (κ3) is 3.78. The molecule has 0 aliphatic rings. The van der Waals surface area contributed by atoms with E-state index in [9.17, 15) is 8.42 Å². The van der Waals surface area contributed by atoms with Crippen molar-refractivity contribution in [1.82, 2.24) is 4.72 Å². The van der Waals surface area contributed by atoms with Crippen LogP contribution in [-0.4, -0.2) is 27.8 Å². The number of anilines is 1. The number of hydrogen-bond donors (Lipinski definition) is 2. The molecule has 0 bridgehead atoms. The van der Waals surface area contributed by atoms with Gasteiger partial charge in [0.05, 0.1) is 15.2 Å². The Labute approximate surface area is 123 Å². The lowest BCUT2D eigenvalue weighted by Crippen LogP contribution is -2.27. The van der Waals surface area contributed by atoms with Crippen LogP contribution in [0.2, 0.25) is 0 Å². The molecule has 19 heavy (non-hydrogen) atoms. The fourth-order valence-corrected chi connectivity index (χ4v) is 2.50. The molecule has 0 saturated heterocycles. The van der Waals surface area contributed by atoms with Gasteiger partial charge in [0.15, 0.2) is 17.1 Å². The molecule has 0 amide bonds. The van der Waals surface area contributed by atoms with Gasteiger partial charge in [0.2, 0.25) is 10.0 Å². The van der Waals surface area contributed by atoms with E-state index in [-0.39, 0.29) is 6.54 Å². The van der Waals surface area contributed by atoms with E-state index >= 15 is 0 Å². The normalized spacial score (nSPS) is 11.9. The molecular formula is C10H11BrN2O4S2. The Kier molecular flexibility index (Phi) is 4.29. The summed E-state index contributed by atoms with van der Waals surface area (Å²) in [6.45, 7) is 0.637. The van der Waals surface area contributed by atoms with Crippen LogP contribution in [0.5, 0.6) is 0 Å². The second-order valence-electron chi connectivity index (χ2n) is 3.81. The summed E-state index contributed by atoms with van der Waals surface area (Å²) in [6, 6.07) is 1.62. The topological polar surface area (TPSA) is 84.5 Å². The van der Waals surface area contributed by atoms with E-state index in [2.05, 4.69) is 26.0 Å². The van der Waals surface area contributed by atoms with Gasteiger partial charge < -0.3 is 14.2 Å². The Morgan fingerprint density at radius 3 is 2.79 bits per heavy atom. The number of nitrogens with one attached hydrogen (secondary N) is 2. The van der Waals surface area contributed by atoms with Crippen molar-refractivity contribution in [3.8, 4) is 0 Å². The highest BCUT2D eigenvalue weighted by Crippen LogP contribution is 2.29. The van der Waals surface area contributed by atoms with Gasteiger partial charge in [0, 0.05) is 19.2 Å². The van der Waals surface area contributed by atoms with Crippen molar-refractivity contribution >= 4 is 55.2 Å². The molecule has 0 spiro atoms. The third-order valence-electron chi connectivity index (χ3n) is 2.19. The molecule has 0 aromatic carbocycles. The zero-order chi connectivity index (χ0) is 14.0. The van der Waals surface area contributed by atoms with Crippen LogP contribution in [0.4, 0.5) is 5.88 Å². The lowest BCUT2D eigenvalue weighted by atomic mass is 10.4. The molecule has 0 aliphatic carbocycles. The van der Waals surface area contributed by atoms with Crippen molar-refractivity contribution < 1.29 is 17.3 Å².